The third kappa shape index (κ3) is 2.86. The predicted octanol–water partition coefficient (Wildman–Crippen LogP) is 3.26. The van der Waals surface area contributed by atoms with Crippen LogP contribution in [0, 0.1) is 0 Å². The number of thiazole rings is 1. The number of rotatable bonds is 3. The monoisotopic (exact) mass is 262 g/mol. The molecule has 0 N–H and O–H groups in total. The maximum Gasteiger partial charge on any atom is 0.185 e. The summed E-state index contributed by atoms with van der Waals surface area (Å²) in [6, 6.07) is 0. The van der Waals surface area contributed by atoms with Crippen LogP contribution in [-0.4, -0.2) is 24.0 Å². The Bertz CT molecular complexity index is 362. The molecule has 0 aromatic carbocycles. The standard InChI is InChI=1S/C10H12Cl2N2S/c11-4-3-9-7-15-10(13-9)14-5-1-2-8(12)6-14/h2,7H,1,3-6H2. The summed E-state index contributed by atoms with van der Waals surface area (Å²) in [5.41, 5.74) is 1.08. The van der Waals surface area contributed by atoms with Gasteiger partial charge >= 0.3 is 0 Å². The van der Waals surface area contributed by atoms with Crippen molar-refractivity contribution in [3.8, 4) is 0 Å². The van der Waals surface area contributed by atoms with Crippen LogP contribution in [0.25, 0.3) is 0 Å². The fourth-order valence-corrected chi connectivity index (χ4v) is 2.85. The van der Waals surface area contributed by atoms with Crippen LogP contribution in [-0.2, 0) is 6.42 Å². The maximum atomic E-state index is 6.00. The summed E-state index contributed by atoms with van der Waals surface area (Å²) < 4.78 is 0. The lowest BCUT2D eigenvalue weighted by molar-refractivity contribution is 0.805. The van der Waals surface area contributed by atoms with E-state index in [9.17, 15) is 0 Å². The molecule has 0 spiro atoms. The molecule has 0 atom stereocenters. The minimum Gasteiger partial charge on any atom is -0.343 e. The molecule has 0 amide bonds. The molecule has 0 radical (unpaired) electrons. The zero-order valence-corrected chi connectivity index (χ0v) is 10.6. The second-order valence-electron chi connectivity index (χ2n) is 3.42. The van der Waals surface area contributed by atoms with Crippen molar-refractivity contribution in [3.63, 3.8) is 0 Å². The van der Waals surface area contributed by atoms with E-state index < -0.39 is 0 Å². The smallest absolute Gasteiger partial charge is 0.185 e. The molecule has 1 aromatic rings. The van der Waals surface area contributed by atoms with Crippen molar-refractivity contribution in [2.24, 2.45) is 0 Å². The normalized spacial score (nSPS) is 16.7. The van der Waals surface area contributed by atoms with Gasteiger partial charge < -0.3 is 4.90 Å². The van der Waals surface area contributed by atoms with Crippen molar-refractivity contribution in [1.29, 1.82) is 0 Å². The molecule has 82 valence electrons. The zero-order chi connectivity index (χ0) is 10.7. The number of nitrogens with zero attached hydrogens (tertiary/aromatic N) is 2. The molecule has 0 aliphatic carbocycles. The van der Waals surface area contributed by atoms with Gasteiger partial charge in [-0.2, -0.15) is 0 Å². The van der Waals surface area contributed by atoms with Crippen molar-refractivity contribution < 1.29 is 0 Å². The Kier molecular flexibility index (Phi) is 3.89. The number of aryl methyl sites for hydroxylation is 1. The molecule has 1 aliphatic rings. The third-order valence-electron chi connectivity index (χ3n) is 2.27. The highest BCUT2D eigenvalue weighted by Crippen LogP contribution is 2.25. The summed E-state index contributed by atoms with van der Waals surface area (Å²) in [4.78, 5) is 6.75. The van der Waals surface area contributed by atoms with E-state index in [2.05, 4.69) is 21.3 Å². The topological polar surface area (TPSA) is 16.1 Å². The molecule has 0 saturated carbocycles. The van der Waals surface area contributed by atoms with Crippen molar-refractivity contribution in [1.82, 2.24) is 4.98 Å². The second kappa shape index (κ2) is 5.19. The quantitative estimate of drug-likeness (QED) is 0.778. The Labute approximate surface area is 104 Å². The van der Waals surface area contributed by atoms with E-state index in [0.717, 1.165) is 41.8 Å². The molecule has 15 heavy (non-hydrogen) atoms. The number of hydrogen-bond acceptors (Lipinski definition) is 3. The van der Waals surface area contributed by atoms with Gasteiger partial charge in [-0.25, -0.2) is 4.98 Å². The highest BCUT2D eigenvalue weighted by atomic mass is 35.5. The van der Waals surface area contributed by atoms with Gasteiger partial charge in [-0.05, 0) is 6.42 Å². The summed E-state index contributed by atoms with van der Waals surface area (Å²) in [5.74, 6) is 0.629. The van der Waals surface area contributed by atoms with Gasteiger partial charge in [0.05, 0.1) is 12.2 Å². The highest BCUT2D eigenvalue weighted by molar-refractivity contribution is 7.13. The van der Waals surface area contributed by atoms with Gasteiger partial charge in [0.15, 0.2) is 5.13 Å². The van der Waals surface area contributed by atoms with Gasteiger partial charge in [0.1, 0.15) is 0 Å². The lowest BCUT2D eigenvalue weighted by Gasteiger charge is -2.24. The Morgan fingerprint density at radius 1 is 1.53 bits per heavy atom. The van der Waals surface area contributed by atoms with Crippen LogP contribution in [0.15, 0.2) is 16.5 Å². The summed E-state index contributed by atoms with van der Waals surface area (Å²) >= 11 is 13.3. The van der Waals surface area contributed by atoms with Gasteiger partial charge in [-0.3, -0.25) is 0 Å². The largest absolute Gasteiger partial charge is 0.343 e. The molecule has 1 aliphatic heterocycles. The molecule has 2 nitrogen and oxygen atoms in total. The number of hydrogen-bond donors (Lipinski definition) is 0. The Morgan fingerprint density at radius 3 is 3.13 bits per heavy atom. The zero-order valence-electron chi connectivity index (χ0n) is 8.25. The Hall–Kier alpha value is -0.250. The third-order valence-corrected chi connectivity index (χ3v) is 3.68. The molecule has 1 aromatic heterocycles. The first-order valence-electron chi connectivity index (χ1n) is 4.89. The minimum absolute atomic E-state index is 0.629. The molecular weight excluding hydrogens is 251 g/mol. The van der Waals surface area contributed by atoms with Gasteiger partial charge in [-0.1, -0.05) is 17.7 Å². The van der Waals surface area contributed by atoms with Gasteiger partial charge in [0.2, 0.25) is 0 Å². The fourth-order valence-electron chi connectivity index (χ4n) is 1.52. The van der Waals surface area contributed by atoms with Crippen LogP contribution >= 0.6 is 34.5 Å². The molecule has 0 unspecified atom stereocenters. The molecular formula is C10H12Cl2N2S. The number of aromatic nitrogens is 1. The maximum absolute atomic E-state index is 6.00. The van der Waals surface area contributed by atoms with Crippen molar-refractivity contribution in [2.75, 3.05) is 23.9 Å². The predicted molar refractivity (Wildman–Crippen MR) is 67.3 cm³/mol. The molecule has 0 bridgehead atoms. The number of anilines is 1. The summed E-state index contributed by atoms with van der Waals surface area (Å²) in [6.07, 6.45) is 3.92. The van der Waals surface area contributed by atoms with Crippen LogP contribution < -0.4 is 4.90 Å². The number of alkyl halides is 1. The van der Waals surface area contributed by atoms with Crippen LogP contribution in [0.1, 0.15) is 12.1 Å². The number of halogens is 2. The summed E-state index contributed by atoms with van der Waals surface area (Å²) in [7, 11) is 0. The van der Waals surface area contributed by atoms with E-state index in [1.54, 1.807) is 11.3 Å². The SMILES string of the molecule is ClCCc1csc(N2CCC=C(Cl)C2)n1. The van der Waals surface area contributed by atoms with Crippen LogP contribution in [0.5, 0.6) is 0 Å². The molecule has 0 saturated heterocycles. The molecule has 0 fully saturated rings. The summed E-state index contributed by atoms with van der Waals surface area (Å²) in [6.45, 7) is 1.79. The molecule has 2 heterocycles. The fraction of sp³-hybridized carbons (Fsp3) is 0.500. The van der Waals surface area contributed by atoms with Crippen LogP contribution in [0.2, 0.25) is 0 Å². The van der Waals surface area contributed by atoms with Gasteiger partial charge in [0, 0.05) is 29.3 Å². The van der Waals surface area contributed by atoms with Gasteiger partial charge in [-0.15, -0.1) is 22.9 Å². The molecule has 2 rings (SSSR count). The van der Waals surface area contributed by atoms with E-state index in [-0.39, 0.29) is 0 Å². The first-order valence-corrected chi connectivity index (χ1v) is 6.68. The van der Waals surface area contributed by atoms with Crippen molar-refractivity contribution in [2.45, 2.75) is 12.8 Å². The van der Waals surface area contributed by atoms with E-state index >= 15 is 0 Å². The average molecular weight is 263 g/mol. The lowest BCUT2D eigenvalue weighted by atomic mass is 10.3. The summed E-state index contributed by atoms with van der Waals surface area (Å²) in [5, 5.41) is 4.04. The highest BCUT2D eigenvalue weighted by Gasteiger charge is 2.14. The Morgan fingerprint density at radius 2 is 2.40 bits per heavy atom. The van der Waals surface area contributed by atoms with E-state index in [0.29, 0.717) is 5.88 Å². The van der Waals surface area contributed by atoms with E-state index in [4.69, 9.17) is 23.2 Å². The van der Waals surface area contributed by atoms with Crippen LogP contribution in [0.4, 0.5) is 5.13 Å². The van der Waals surface area contributed by atoms with Crippen molar-refractivity contribution in [3.05, 3.63) is 22.2 Å². The van der Waals surface area contributed by atoms with E-state index in [1.807, 2.05) is 0 Å². The van der Waals surface area contributed by atoms with E-state index in [1.165, 1.54) is 0 Å². The first-order chi connectivity index (χ1) is 7.29. The molecule has 5 heteroatoms. The second-order valence-corrected chi connectivity index (χ2v) is 5.12. The lowest BCUT2D eigenvalue weighted by Crippen LogP contribution is -2.28. The average Bonchev–Trinajstić information content (AvgIpc) is 2.67. The van der Waals surface area contributed by atoms with Crippen molar-refractivity contribution >= 4 is 39.7 Å². The van der Waals surface area contributed by atoms with Gasteiger partial charge in [0.25, 0.3) is 0 Å². The first kappa shape index (κ1) is 11.2. The minimum atomic E-state index is 0.629. The van der Waals surface area contributed by atoms with Crippen LogP contribution in [0.3, 0.4) is 0 Å². The Balaban J connectivity index is 2.06.